The van der Waals surface area contributed by atoms with Crippen molar-refractivity contribution in [1.29, 1.82) is 0 Å². The van der Waals surface area contributed by atoms with Crippen molar-refractivity contribution in [2.75, 3.05) is 26.2 Å². The number of amides is 1. The van der Waals surface area contributed by atoms with Crippen molar-refractivity contribution in [2.24, 2.45) is 0 Å². The number of benzene rings is 1. The SMILES string of the molecule is CCN(CC)CCNC(=O)C1(c2ccccc2Cl)CC1. The van der Waals surface area contributed by atoms with Gasteiger partial charge in [-0.2, -0.15) is 0 Å². The van der Waals surface area contributed by atoms with Crippen LogP contribution in [0.4, 0.5) is 0 Å². The zero-order valence-corrected chi connectivity index (χ0v) is 13.0. The average Bonchev–Trinajstić information content (AvgIpc) is 3.25. The second kappa shape index (κ2) is 6.59. The van der Waals surface area contributed by atoms with E-state index in [2.05, 4.69) is 24.1 Å². The molecule has 20 heavy (non-hydrogen) atoms. The fourth-order valence-corrected chi connectivity index (χ4v) is 2.95. The van der Waals surface area contributed by atoms with Crippen LogP contribution in [0.5, 0.6) is 0 Å². The number of likely N-dealkylation sites (N-methyl/N-ethyl adjacent to an activating group) is 1. The fourth-order valence-electron chi connectivity index (χ4n) is 2.63. The molecule has 0 atom stereocenters. The van der Waals surface area contributed by atoms with E-state index in [4.69, 9.17) is 11.6 Å². The molecule has 1 aromatic rings. The lowest BCUT2D eigenvalue weighted by atomic mass is 9.95. The lowest BCUT2D eigenvalue weighted by molar-refractivity contribution is -0.123. The van der Waals surface area contributed by atoms with Crippen LogP contribution in [0.1, 0.15) is 32.3 Å². The minimum atomic E-state index is -0.373. The molecular weight excluding hydrogens is 272 g/mol. The lowest BCUT2D eigenvalue weighted by Gasteiger charge is -2.20. The van der Waals surface area contributed by atoms with Gasteiger partial charge in [0, 0.05) is 18.1 Å². The molecule has 0 radical (unpaired) electrons. The first-order chi connectivity index (χ1) is 9.64. The van der Waals surface area contributed by atoms with Crippen LogP contribution in [0.15, 0.2) is 24.3 Å². The molecule has 1 N–H and O–H groups in total. The smallest absolute Gasteiger partial charge is 0.230 e. The highest BCUT2D eigenvalue weighted by Crippen LogP contribution is 2.50. The fraction of sp³-hybridized carbons (Fsp3) is 0.562. The number of hydrogen-bond donors (Lipinski definition) is 1. The summed E-state index contributed by atoms with van der Waals surface area (Å²) in [5.41, 5.74) is 0.601. The summed E-state index contributed by atoms with van der Waals surface area (Å²) in [6, 6.07) is 7.68. The van der Waals surface area contributed by atoms with Crippen LogP contribution in [0.3, 0.4) is 0 Å². The molecule has 4 heteroatoms. The van der Waals surface area contributed by atoms with Gasteiger partial charge in [0.2, 0.25) is 5.91 Å². The molecule has 0 bridgehead atoms. The summed E-state index contributed by atoms with van der Waals surface area (Å²) < 4.78 is 0. The van der Waals surface area contributed by atoms with Crippen molar-refractivity contribution in [1.82, 2.24) is 10.2 Å². The highest BCUT2D eigenvalue weighted by atomic mass is 35.5. The summed E-state index contributed by atoms with van der Waals surface area (Å²) in [6.45, 7) is 7.91. The molecule has 0 spiro atoms. The maximum atomic E-state index is 12.4. The monoisotopic (exact) mass is 294 g/mol. The van der Waals surface area contributed by atoms with E-state index >= 15 is 0 Å². The minimum absolute atomic E-state index is 0.123. The van der Waals surface area contributed by atoms with Crippen LogP contribution in [-0.4, -0.2) is 37.0 Å². The molecule has 0 aliphatic heterocycles. The van der Waals surface area contributed by atoms with Gasteiger partial charge in [0.15, 0.2) is 0 Å². The molecule has 1 aromatic carbocycles. The summed E-state index contributed by atoms with van der Waals surface area (Å²) in [4.78, 5) is 14.8. The number of carbonyl (C=O) groups is 1. The van der Waals surface area contributed by atoms with Gasteiger partial charge in [0.05, 0.1) is 5.41 Å². The van der Waals surface area contributed by atoms with Gasteiger partial charge >= 0.3 is 0 Å². The standard InChI is InChI=1S/C16H23ClN2O/c1-3-19(4-2)12-11-18-15(20)16(9-10-16)13-7-5-6-8-14(13)17/h5-8H,3-4,9-12H2,1-2H3,(H,18,20). The number of hydrogen-bond acceptors (Lipinski definition) is 2. The minimum Gasteiger partial charge on any atom is -0.354 e. The third-order valence-corrected chi connectivity index (χ3v) is 4.51. The molecule has 0 aromatic heterocycles. The average molecular weight is 295 g/mol. The summed E-state index contributed by atoms with van der Waals surface area (Å²) >= 11 is 6.23. The van der Waals surface area contributed by atoms with Crippen molar-refractivity contribution in [3.8, 4) is 0 Å². The zero-order valence-electron chi connectivity index (χ0n) is 12.3. The number of halogens is 1. The van der Waals surface area contributed by atoms with E-state index in [0.29, 0.717) is 11.6 Å². The number of nitrogens with one attached hydrogen (secondary N) is 1. The molecule has 1 fully saturated rings. The quantitative estimate of drug-likeness (QED) is 0.839. The molecule has 0 saturated heterocycles. The molecule has 110 valence electrons. The van der Waals surface area contributed by atoms with Gasteiger partial charge in [-0.1, -0.05) is 43.6 Å². The first kappa shape index (κ1) is 15.3. The van der Waals surface area contributed by atoms with E-state index in [9.17, 15) is 4.79 Å². The molecule has 3 nitrogen and oxygen atoms in total. The van der Waals surface area contributed by atoms with Gasteiger partial charge in [0.1, 0.15) is 0 Å². The van der Waals surface area contributed by atoms with Gasteiger partial charge in [0.25, 0.3) is 0 Å². The molecule has 2 rings (SSSR count). The van der Waals surface area contributed by atoms with Crippen molar-refractivity contribution in [3.05, 3.63) is 34.9 Å². The van der Waals surface area contributed by atoms with Crippen LogP contribution < -0.4 is 5.32 Å². The maximum Gasteiger partial charge on any atom is 0.230 e. The predicted octanol–water partition coefficient (Wildman–Crippen LogP) is 2.83. The van der Waals surface area contributed by atoms with Crippen LogP contribution in [-0.2, 0) is 10.2 Å². The Labute approximate surface area is 126 Å². The Hall–Kier alpha value is -1.06. The number of rotatable bonds is 7. The zero-order chi connectivity index (χ0) is 14.6. The summed E-state index contributed by atoms with van der Waals surface area (Å²) in [6.07, 6.45) is 1.79. The van der Waals surface area contributed by atoms with Gasteiger partial charge in [-0.05, 0) is 37.6 Å². The Balaban J connectivity index is 1.94. The highest BCUT2D eigenvalue weighted by Gasteiger charge is 2.52. The lowest BCUT2D eigenvalue weighted by Crippen LogP contribution is -2.40. The van der Waals surface area contributed by atoms with E-state index in [1.807, 2.05) is 24.3 Å². The highest BCUT2D eigenvalue weighted by molar-refractivity contribution is 6.31. The first-order valence-corrected chi connectivity index (χ1v) is 7.77. The van der Waals surface area contributed by atoms with E-state index in [-0.39, 0.29) is 11.3 Å². The molecule has 1 aliphatic carbocycles. The first-order valence-electron chi connectivity index (χ1n) is 7.39. The summed E-state index contributed by atoms with van der Waals surface area (Å²) in [7, 11) is 0. The maximum absolute atomic E-state index is 12.4. The Bertz CT molecular complexity index is 467. The van der Waals surface area contributed by atoms with Crippen LogP contribution in [0, 0.1) is 0 Å². The van der Waals surface area contributed by atoms with Gasteiger partial charge in [-0.3, -0.25) is 4.79 Å². The molecule has 1 saturated carbocycles. The second-order valence-corrected chi connectivity index (χ2v) is 5.75. The van der Waals surface area contributed by atoms with Crippen LogP contribution in [0.25, 0.3) is 0 Å². The third kappa shape index (κ3) is 3.15. The van der Waals surface area contributed by atoms with Crippen molar-refractivity contribution >= 4 is 17.5 Å². The molecule has 1 amide bonds. The summed E-state index contributed by atoms with van der Waals surface area (Å²) in [5.74, 6) is 0.123. The molecule has 0 unspecified atom stereocenters. The van der Waals surface area contributed by atoms with E-state index < -0.39 is 0 Å². The van der Waals surface area contributed by atoms with Crippen molar-refractivity contribution in [2.45, 2.75) is 32.1 Å². The Morgan fingerprint density at radius 3 is 2.50 bits per heavy atom. The number of carbonyl (C=O) groups excluding carboxylic acids is 1. The molecular formula is C16H23ClN2O. The number of nitrogens with zero attached hydrogens (tertiary/aromatic N) is 1. The van der Waals surface area contributed by atoms with Crippen molar-refractivity contribution < 1.29 is 4.79 Å². The Kier molecular flexibility index (Phi) is 5.06. The molecule has 0 heterocycles. The van der Waals surface area contributed by atoms with E-state index in [1.54, 1.807) is 0 Å². The largest absolute Gasteiger partial charge is 0.354 e. The van der Waals surface area contributed by atoms with Crippen molar-refractivity contribution in [3.63, 3.8) is 0 Å². The Morgan fingerprint density at radius 2 is 1.95 bits per heavy atom. The van der Waals surface area contributed by atoms with Crippen LogP contribution in [0.2, 0.25) is 5.02 Å². The normalized spacial score (nSPS) is 16.2. The summed E-state index contributed by atoms with van der Waals surface area (Å²) in [5, 5.41) is 3.77. The topological polar surface area (TPSA) is 32.3 Å². The van der Waals surface area contributed by atoms with Gasteiger partial charge in [-0.15, -0.1) is 0 Å². The predicted molar refractivity (Wildman–Crippen MR) is 83.2 cm³/mol. The van der Waals surface area contributed by atoms with Crippen LogP contribution >= 0.6 is 11.6 Å². The van der Waals surface area contributed by atoms with Gasteiger partial charge < -0.3 is 10.2 Å². The van der Waals surface area contributed by atoms with Gasteiger partial charge in [-0.25, -0.2) is 0 Å². The third-order valence-electron chi connectivity index (χ3n) is 4.18. The Morgan fingerprint density at radius 1 is 1.30 bits per heavy atom. The molecule has 1 aliphatic rings. The second-order valence-electron chi connectivity index (χ2n) is 5.34. The van der Waals surface area contributed by atoms with E-state index in [1.165, 1.54) is 0 Å². The van der Waals surface area contributed by atoms with E-state index in [0.717, 1.165) is 38.0 Å².